The molecule has 0 heterocycles. The van der Waals surface area contributed by atoms with Crippen LogP contribution >= 0.6 is 0 Å². The van der Waals surface area contributed by atoms with Gasteiger partial charge in [-0.15, -0.1) is 0 Å². The molecule has 0 aromatic heterocycles. The van der Waals surface area contributed by atoms with Crippen molar-refractivity contribution in [2.75, 3.05) is 5.32 Å². The summed E-state index contributed by atoms with van der Waals surface area (Å²) in [4.78, 5) is 0. The van der Waals surface area contributed by atoms with E-state index in [1.165, 1.54) is 5.56 Å². The highest BCUT2D eigenvalue weighted by Crippen LogP contribution is 2.37. The fourth-order valence-corrected chi connectivity index (χ4v) is 3.19. The number of phenols is 1. The molecule has 0 saturated heterocycles. The molecule has 0 aliphatic heterocycles. The molecule has 0 saturated carbocycles. The zero-order valence-electron chi connectivity index (χ0n) is 20.1. The summed E-state index contributed by atoms with van der Waals surface area (Å²) < 4.78 is 0. The predicted octanol–water partition coefficient (Wildman–Crippen LogP) is 7.16. The number of phenolic OH excluding ortho intramolecular Hbond substituents is 1. The van der Waals surface area contributed by atoms with Gasteiger partial charge in [0.15, 0.2) is 0 Å². The Morgan fingerprint density at radius 3 is 2.16 bits per heavy atom. The van der Waals surface area contributed by atoms with Gasteiger partial charge in [0.25, 0.3) is 0 Å². The van der Waals surface area contributed by atoms with Crippen LogP contribution in [0.4, 0.5) is 5.69 Å². The number of nitrogens with one attached hydrogen (secondary N) is 2. The minimum absolute atomic E-state index is 0.00327. The lowest BCUT2D eigenvalue weighted by Gasteiger charge is -2.27. The second-order valence-electron chi connectivity index (χ2n) is 9.98. The van der Waals surface area contributed by atoms with Gasteiger partial charge in [-0.1, -0.05) is 78.5 Å². The van der Waals surface area contributed by atoms with Crippen LogP contribution in [0.25, 0.3) is 0 Å². The standard InChI is InChI=1S/C28H38N2O/c1-9-23(30-24-13-11-10-12-14-24)16-15-20(2)29-19-21-17-22(27(3,4)5)18-25(26(21)31)28(6,7)8/h9-18,29-31H,2,19H2,1,3-8H3/b16-15-,23-9+. The molecule has 2 rings (SSSR count). The van der Waals surface area contributed by atoms with Crippen LogP contribution in [0.2, 0.25) is 0 Å². The van der Waals surface area contributed by atoms with Gasteiger partial charge in [0, 0.05) is 29.2 Å². The minimum Gasteiger partial charge on any atom is -0.507 e. The van der Waals surface area contributed by atoms with Crippen LogP contribution in [0.15, 0.2) is 78.7 Å². The topological polar surface area (TPSA) is 44.3 Å². The minimum atomic E-state index is -0.138. The molecule has 0 bridgehead atoms. The highest BCUT2D eigenvalue weighted by molar-refractivity contribution is 5.51. The van der Waals surface area contributed by atoms with Gasteiger partial charge >= 0.3 is 0 Å². The quantitative estimate of drug-likeness (QED) is 0.418. The maximum atomic E-state index is 10.9. The van der Waals surface area contributed by atoms with E-state index in [-0.39, 0.29) is 10.8 Å². The van der Waals surface area contributed by atoms with Gasteiger partial charge in [-0.2, -0.15) is 0 Å². The lowest BCUT2D eigenvalue weighted by atomic mass is 9.79. The highest BCUT2D eigenvalue weighted by atomic mass is 16.3. The molecular weight excluding hydrogens is 380 g/mol. The average molecular weight is 419 g/mol. The summed E-state index contributed by atoms with van der Waals surface area (Å²) in [6.45, 7) is 19.6. The zero-order valence-corrected chi connectivity index (χ0v) is 20.1. The molecule has 0 atom stereocenters. The van der Waals surface area contributed by atoms with Crippen LogP contribution in [0.3, 0.4) is 0 Å². The van der Waals surface area contributed by atoms with Crippen LogP contribution in [-0.4, -0.2) is 5.11 Å². The van der Waals surface area contributed by atoms with Gasteiger partial charge in [-0.25, -0.2) is 0 Å². The van der Waals surface area contributed by atoms with Gasteiger partial charge in [0.05, 0.1) is 0 Å². The number of aromatic hydroxyl groups is 1. The van der Waals surface area contributed by atoms with E-state index >= 15 is 0 Å². The van der Waals surface area contributed by atoms with E-state index in [9.17, 15) is 5.11 Å². The summed E-state index contributed by atoms with van der Waals surface area (Å²) in [6.07, 6.45) is 5.96. The number of benzene rings is 2. The second kappa shape index (κ2) is 9.91. The normalized spacial score (nSPS) is 12.8. The molecule has 3 heteroatoms. The lowest BCUT2D eigenvalue weighted by Crippen LogP contribution is -2.19. The fraction of sp³-hybridized carbons (Fsp3) is 0.357. The monoisotopic (exact) mass is 418 g/mol. The Labute approximate surface area is 188 Å². The van der Waals surface area contributed by atoms with Crippen LogP contribution < -0.4 is 10.6 Å². The van der Waals surface area contributed by atoms with Crippen molar-refractivity contribution in [1.82, 2.24) is 5.32 Å². The Balaban J connectivity index is 2.14. The number of hydrogen-bond donors (Lipinski definition) is 3. The Kier molecular flexibility index (Phi) is 7.78. The van der Waals surface area contributed by atoms with Crippen LogP contribution in [-0.2, 0) is 17.4 Å². The maximum absolute atomic E-state index is 10.9. The van der Waals surface area contributed by atoms with Crippen molar-refractivity contribution >= 4 is 5.69 Å². The molecule has 3 N–H and O–H groups in total. The highest BCUT2D eigenvalue weighted by Gasteiger charge is 2.24. The second-order valence-corrected chi connectivity index (χ2v) is 9.98. The van der Waals surface area contributed by atoms with Crippen LogP contribution in [0.1, 0.15) is 65.2 Å². The maximum Gasteiger partial charge on any atom is 0.124 e. The summed E-state index contributed by atoms with van der Waals surface area (Å²) in [5, 5.41) is 17.7. The van der Waals surface area contributed by atoms with Gasteiger partial charge < -0.3 is 15.7 Å². The molecule has 166 valence electrons. The van der Waals surface area contributed by atoms with E-state index in [1.54, 1.807) is 0 Å². The molecule has 0 amide bonds. The number of rotatable bonds is 7. The molecule has 0 unspecified atom stereocenters. The van der Waals surface area contributed by atoms with E-state index < -0.39 is 0 Å². The Morgan fingerprint density at radius 2 is 1.61 bits per heavy atom. The van der Waals surface area contributed by atoms with Crippen LogP contribution in [0.5, 0.6) is 5.75 Å². The zero-order chi connectivity index (χ0) is 23.2. The van der Waals surface area contributed by atoms with Gasteiger partial charge in [0.2, 0.25) is 0 Å². The average Bonchev–Trinajstić information content (AvgIpc) is 2.69. The van der Waals surface area contributed by atoms with Crippen molar-refractivity contribution in [2.24, 2.45) is 0 Å². The van der Waals surface area contributed by atoms with Crippen molar-refractivity contribution in [2.45, 2.75) is 65.8 Å². The Bertz CT molecular complexity index is 955. The smallest absolute Gasteiger partial charge is 0.124 e. The van der Waals surface area contributed by atoms with Gasteiger partial charge in [0.1, 0.15) is 5.75 Å². The lowest BCUT2D eigenvalue weighted by molar-refractivity contribution is 0.436. The van der Waals surface area contributed by atoms with E-state index in [2.05, 4.69) is 70.9 Å². The molecule has 0 spiro atoms. The number of allylic oxidation sites excluding steroid dienone is 3. The summed E-state index contributed by atoms with van der Waals surface area (Å²) in [5.74, 6) is 0.365. The Morgan fingerprint density at radius 1 is 0.968 bits per heavy atom. The number of hydrogen-bond acceptors (Lipinski definition) is 3. The molecule has 2 aromatic carbocycles. The third-order valence-electron chi connectivity index (χ3n) is 5.21. The largest absolute Gasteiger partial charge is 0.507 e. The first kappa shape index (κ1) is 24.3. The number of para-hydroxylation sites is 1. The van der Waals surface area contributed by atoms with E-state index in [0.717, 1.165) is 28.2 Å². The number of anilines is 1. The summed E-state index contributed by atoms with van der Waals surface area (Å²) in [7, 11) is 0. The SMILES string of the molecule is C=C(/C=C\C(=C/C)Nc1ccccc1)NCc1cc(C(C)(C)C)cc(C(C)(C)C)c1O. The summed E-state index contributed by atoms with van der Waals surface area (Å²) in [5.41, 5.74) is 5.76. The first-order valence-corrected chi connectivity index (χ1v) is 10.9. The van der Waals surface area contributed by atoms with Crippen molar-refractivity contribution in [3.05, 3.63) is 95.4 Å². The third-order valence-corrected chi connectivity index (χ3v) is 5.21. The van der Waals surface area contributed by atoms with Crippen molar-refractivity contribution in [1.29, 1.82) is 0 Å². The fourth-order valence-electron chi connectivity index (χ4n) is 3.19. The first-order chi connectivity index (χ1) is 14.4. The molecule has 3 nitrogen and oxygen atoms in total. The summed E-state index contributed by atoms with van der Waals surface area (Å²) in [6, 6.07) is 14.3. The van der Waals surface area contributed by atoms with E-state index in [1.807, 2.05) is 55.5 Å². The van der Waals surface area contributed by atoms with Gasteiger partial charge in [-0.05, 0) is 59.2 Å². The molecule has 0 fully saturated rings. The third kappa shape index (κ3) is 7.06. The molecule has 2 aromatic rings. The van der Waals surface area contributed by atoms with Crippen molar-refractivity contribution < 1.29 is 5.11 Å². The van der Waals surface area contributed by atoms with E-state index in [4.69, 9.17) is 0 Å². The summed E-state index contributed by atoms with van der Waals surface area (Å²) >= 11 is 0. The Hall–Kier alpha value is -2.94. The van der Waals surface area contributed by atoms with Crippen LogP contribution in [0, 0.1) is 0 Å². The molecule has 31 heavy (non-hydrogen) atoms. The first-order valence-electron chi connectivity index (χ1n) is 10.9. The molecule has 0 aliphatic rings. The van der Waals surface area contributed by atoms with Crippen molar-refractivity contribution in [3.63, 3.8) is 0 Å². The van der Waals surface area contributed by atoms with E-state index in [0.29, 0.717) is 12.3 Å². The predicted molar refractivity (Wildman–Crippen MR) is 134 cm³/mol. The molecule has 0 aliphatic carbocycles. The molecular formula is C28H38N2O. The van der Waals surface area contributed by atoms with Crippen molar-refractivity contribution in [3.8, 4) is 5.75 Å². The molecule has 0 radical (unpaired) electrons. The van der Waals surface area contributed by atoms with Gasteiger partial charge in [-0.3, -0.25) is 0 Å².